The van der Waals surface area contributed by atoms with Gasteiger partial charge in [0.1, 0.15) is 18.7 Å². The molecule has 0 aliphatic heterocycles. The Kier molecular flexibility index (Phi) is 5.70. The molecule has 0 fully saturated rings. The molecule has 0 saturated carbocycles. The number of hydrogen-bond donors (Lipinski definition) is 0. The highest BCUT2D eigenvalue weighted by Gasteiger charge is 2.25. The lowest BCUT2D eigenvalue weighted by atomic mass is 10.2. The molecule has 9 heteroatoms. The minimum Gasteiger partial charge on any atom is -0.282 e. The highest BCUT2D eigenvalue weighted by molar-refractivity contribution is 7.14. The van der Waals surface area contributed by atoms with Crippen LogP contribution >= 0.6 is 34.5 Å². The highest BCUT2D eigenvalue weighted by atomic mass is 35.5. The zero-order chi connectivity index (χ0) is 18.7. The van der Waals surface area contributed by atoms with Crippen LogP contribution in [0.1, 0.15) is 13.0 Å². The number of carbonyl (C=O) groups excluding carboxylic acids is 1. The highest BCUT2D eigenvalue weighted by Crippen LogP contribution is 2.32. The van der Waals surface area contributed by atoms with Crippen molar-refractivity contribution in [3.63, 3.8) is 0 Å². The van der Waals surface area contributed by atoms with Gasteiger partial charge in [-0.05, 0) is 19.1 Å². The third-order valence-electron chi connectivity index (χ3n) is 3.71. The number of anilines is 1. The largest absolute Gasteiger partial charge is 0.282 e. The number of benzene rings is 1. The van der Waals surface area contributed by atoms with Crippen LogP contribution in [0, 0.1) is 0 Å². The number of halogens is 2. The molecule has 0 aliphatic rings. The first-order chi connectivity index (χ1) is 12.5. The zero-order valence-corrected chi connectivity index (χ0v) is 16.2. The monoisotopic (exact) mass is 407 g/mol. The minimum atomic E-state index is -0.505. The molecule has 2 heterocycles. The van der Waals surface area contributed by atoms with E-state index < -0.39 is 6.04 Å². The van der Waals surface area contributed by atoms with Crippen LogP contribution < -0.4 is 4.90 Å². The molecule has 1 atom stereocenters. The van der Waals surface area contributed by atoms with Gasteiger partial charge in [-0.2, -0.15) is 5.10 Å². The van der Waals surface area contributed by atoms with Crippen LogP contribution in [0.25, 0.3) is 11.3 Å². The molecule has 0 saturated heterocycles. The topological polar surface area (TPSA) is 63.9 Å². The maximum Gasteiger partial charge on any atom is 0.253 e. The summed E-state index contributed by atoms with van der Waals surface area (Å²) in [7, 11) is 0. The molecule has 0 spiro atoms. The van der Waals surface area contributed by atoms with E-state index in [-0.39, 0.29) is 5.91 Å². The van der Waals surface area contributed by atoms with E-state index in [2.05, 4.69) is 21.6 Å². The van der Waals surface area contributed by atoms with Gasteiger partial charge in [0.15, 0.2) is 5.13 Å². The molecule has 3 aromatic rings. The van der Waals surface area contributed by atoms with E-state index in [0.29, 0.717) is 21.7 Å². The van der Waals surface area contributed by atoms with Gasteiger partial charge in [-0.15, -0.1) is 17.9 Å². The molecule has 134 valence electrons. The van der Waals surface area contributed by atoms with Gasteiger partial charge in [0.25, 0.3) is 5.91 Å². The third kappa shape index (κ3) is 3.80. The number of aromatic nitrogens is 4. The predicted molar refractivity (Wildman–Crippen MR) is 105 cm³/mol. The van der Waals surface area contributed by atoms with Gasteiger partial charge in [-0.3, -0.25) is 9.69 Å². The summed E-state index contributed by atoms with van der Waals surface area (Å²) in [5.41, 5.74) is 1.55. The quantitative estimate of drug-likeness (QED) is 0.564. The SMILES string of the molecule is C=CCN(C(=O)C(C)n1cncn1)c1nc(-c2ccc(Cl)c(Cl)c2)cs1. The molecule has 26 heavy (non-hydrogen) atoms. The second kappa shape index (κ2) is 7.99. The van der Waals surface area contributed by atoms with Crippen molar-refractivity contribution in [3.05, 3.63) is 58.9 Å². The molecule has 3 rings (SSSR count). The Hall–Kier alpha value is -2.22. The molecular weight excluding hydrogens is 393 g/mol. The summed E-state index contributed by atoms with van der Waals surface area (Å²) in [5.74, 6) is -0.148. The van der Waals surface area contributed by atoms with Gasteiger partial charge in [-0.25, -0.2) is 14.6 Å². The first-order valence-electron chi connectivity index (χ1n) is 7.68. The van der Waals surface area contributed by atoms with E-state index in [4.69, 9.17) is 23.2 Å². The van der Waals surface area contributed by atoms with Gasteiger partial charge in [-0.1, -0.05) is 35.3 Å². The smallest absolute Gasteiger partial charge is 0.253 e. The van der Waals surface area contributed by atoms with Crippen molar-refractivity contribution >= 4 is 45.6 Å². The lowest BCUT2D eigenvalue weighted by Gasteiger charge is -2.22. The molecule has 1 aromatic carbocycles. The fraction of sp³-hybridized carbons (Fsp3) is 0.176. The molecule has 0 aliphatic carbocycles. The lowest BCUT2D eigenvalue weighted by molar-refractivity contribution is -0.121. The summed E-state index contributed by atoms with van der Waals surface area (Å²) in [6.07, 6.45) is 4.57. The number of rotatable bonds is 6. The van der Waals surface area contributed by atoms with Gasteiger partial charge >= 0.3 is 0 Å². The summed E-state index contributed by atoms with van der Waals surface area (Å²) in [6, 6.07) is 4.80. The number of thiazole rings is 1. The second-order valence-corrected chi connectivity index (χ2v) is 7.08. The lowest BCUT2D eigenvalue weighted by Crippen LogP contribution is -2.36. The van der Waals surface area contributed by atoms with Crippen molar-refractivity contribution in [1.82, 2.24) is 19.7 Å². The Labute approximate surface area is 164 Å². The average molecular weight is 408 g/mol. The first kappa shape index (κ1) is 18.6. The van der Waals surface area contributed by atoms with Crippen molar-refractivity contribution in [2.45, 2.75) is 13.0 Å². The fourth-order valence-corrected chi connectivity index (χ4v) is 3.47. The van der Waals surface area contributed by atoms with E-state index in [1.807, 2.05) is 11.4 Å². The molecule has 0 radical (unpaired) electrons. The van der Waals surface area contributed by atoms with Crippen molar-refractivity contribution in [3.8, 4) is 11.3 Å². The molecule has 1 amide bonds. The first-order valence-corrected chi connectivity index (χ1v) is 9.32. The van der Waals surface area contributed by atoms with Crippen LogP contribution in [0.5, 0.6) is 0 Å². The standard InChI is InChI=1S/C17H15Cl2N5OS/c1-3-6-23(16(25)11(2)24-10-20-9-21-24)17-22-15(8-26-17)12-4-5-13(18)14(19)7-12/h3-5,7-11H,1,6H2,2H3. The molecule has 2 aromatic heterocycles. The van der Waals surface area contributed by atoms with Crippen LogP contribution in [0.15, 0.2) is 48.9 Å². The van der Waals surface area contributed by atoms with Gasteiger partial charge in [0, 0.05) is 17.5 Å². The summed E-state index contributed by atoms with van der Waals surface area (Å²) in [4.78, 5) is 22.9. The second-order valence-electron chi connectivity index (χ2n) is 5.43. The average Bonchev–Trinajstić information content (AvgIpc) is 3.32. The number of amides is 1. The van der Waals surface area contributed by atoms with Crippen LogP contribution in [0.4, 0.5) is 5.13 Å². The van der Waals surface area contributed by atoms with Crippen molar-refractivity contribution in [2.24, 2.45) is 0 Å². The van der Waals surface area contributed by atoms with Crippen LogP contribution in [0.2, 0.25) is 10.0 Å². The predicted octanol–water partition coefficient (Wildman–Crippen LogP) is 4.49. The van der Waals surface area contributed by atoms with Gasteiger partial charge < -0.3 is 0 Å². The zero-order valence-electron chi connectivity index (χ0n) is 13.8. The normalized spacial score (nSPS) is 12.0. The van der Waals surface area contributed by atoms with Crippen LogP contribution in [0.3, 0.4) is 0 Å². The Bertz CT molecular complexity index is 925. The van der Waals surface area contributed by atoms with E-state index >= 15 is 0 Å². The number of carbonyl (C=O) groups is 1. The van der Waals surface area contributed by atoms with E-state index in [0.717, 1.165) is 11.3 Å². The third-order valence-corrected chi connectivity index (χ3v) is 5.31. The number of hydrogen-bond acceptors (Lipinski definition) is 5. The van der Waals surface area contributed by atoms with Crippen LogP contribution in [-0.4, -0.2) is 32.2 Å². The Balaban J connectivity index is 1.89. The summed E-state index contributed by atoms with van der Waals surface area (Å²) in [5, 5.41) is 7.42. The van der Waals surface area contributed by atoms with Gasteiger partial charge in [0.05, 0.1) is 15.7 Å². The van der Waals surface area contributed by atoms with Crippen molar-refractivity contribution < 1.29 is 4.79 Å². The fourth-order valence-electron chi connectivity index (χ4n) is 2.32. The summed E-state index contributed by atoms with van der Waals surface area (Å²) < 4.78 is 1.51. The van der Waals surface area contributed by atoms with E-state index in [9.17, 15) is 4.79 Å². The maximum atomic E-state index is 12.9. The summed E-state index contributed by atoms with van der Waals surface area (Å²) in [6.45, 7) is 5.84. The molecule has 0 N–H and O–H groups in total. The van der Waals surface area contributed by atoms with E-state index in [1.165, 1.54) is 28.7 Å². The molecule has 0 bridgehead atoms. The van der Waals surface area contributed by atoms with Gasteiger partial charge in [0.2, 0.25) is 0 Å². The Morgan fingerprint density at radius 2 is 2.23 bits per heavy atom. The van der Waals surface area contributed by atoms with Crippen LogP contribution in [-0.2, 0) is 4.79 Å². The maximum absolute atomic E-state index is 12.9. The molecular formula is C17H15Cl2N5OS. The Morgan fingerprint density at radius 3 is 2.88 bits per heavy atom. The molecule has 1 unspecified atom stereocenters. The molecule has 6 nitrogen and oxygen atoms in total. The van der Waals surface area contributed by atoms with E-state index in [1.54, 1.807) is 30.0 Å². The summed E-state index contributed by atoms with van der Waals surface area (Å²) >= 11 is 13.4. The van der Waals surface area contributed by atoms with Crippen molar-refractivity contribution in [2.75, 3.05) is 11.4 Å². The van der Waals surface area contributed by atoms with Crippen molar-refractivity contribution in [1.29, 1.82) is 0 Å². The Morgan fingerprint density at radius 1 is 1.42 bits per heavy atom. The minimum absolute atomic E-state index is 0.148. The number of nitrogens with zero attached hydrogens (tertiary/aromatic N) is 5.